The third-order valence-corrected chi connectivity index (χ3v) is 20.0. The highest BCUT2D eigenvalue weighted by Crippen LogP contribution is 2.41. The number of rotatable bonds is 32. The summed E-state index contributed by atoms with van der Waals surface area (Å²) in [6.45, 7) is 11.0. The van der Waals surface area contributed by atoms with Gasteiger partial charge in [-0.25, -0.2) is 0 Å². The molecular weight excluding hydrogens is 1350 g/mol. The normalized spacial score (nSPS) is 33.6. The van der Waals surface area contributed by atoms with E-state index in [2.05, 4.69) is 5.32 Å². The lowest BCUT2D eigenvalue weighted by molar-refractivity contribution is -0.402. The first-order chi connectivity index (χ1) is 51.2. The summed E-state index contributed by atoms with van der Waals surface area (Å²) in [4.78, 5) is 12.8. The van der Waals surface area contributed by atoms with E-state index in [1.54, 1.807) is 13.8 Å². The number of carbonyl (C=O) groups excluding carboxylic acids is 1. The summed E-state index contributed by atoms with van der Waals surface area (Å²) >= 11 is 0. The zero-order valence-corrected chi connectivity index (χ0v) is 60.2. The molecule has 5 aliphatic rings. The van der Waals surface area contributed by atoms with E-state index in [-0.39, 0.29) is 52.9 Å². The standard InChI is InChI=1S/C83H101NO21/c1-51-70(91-44-58-30-16-8-17-31-58)74(95-48-62-38-24-12-25-39-62)65(50-90-43-57-28-14-7-15-29-57)101-80(51)103-76-68(88)82(99-53(3)71(76)92-45-59-32-18-9-19-33-59)105-79-78(96-49-63-40-26-13-27-41-63)73(94-47-61-36-22-11-23-37-61)55(5)100-83(79)104-77-69(89)81(98-54(4)72(77)93-46-60-34-20-10-21-35-60)102-75-66(84-56(6)86)52(2)97-64(42-85)67(75)87/h7-41,51-55,64-83,85,87-89H,42-50H2,1-6H3,(H,84,86)/t51?,52-,53?,54?,55?,64?,65-,66?,67+,68?,69?,70?,71-,72-,73-,74+,75+,76+,77+,78-,79?,80+,81-,82-,83-/m0/s1. The fraction of sp³-hybridized carbons (Fsp3) is 0.482. The van der Waals surface area contributed by atoms with Gasteiger partial charge in [0.25, 0.3) is 0 Å². The SMILES string of the molecule is CC(=O)NC1[C@H](C)OC(CO)[C@@H](O)[C@@H]1O[C@@H]1OC(C)[C@H](OCc2ccccc2)[C@H](O[C@@H]2OC(C)[C@H](OCc3ccccc3)[C@H](OCc3ccccc3)C2O[C@@H]2OC(C)[C@H](OCc3ccccc3)[C@H](O[C@H]3O[C@@H](COCc4ccccc4)[C@@H](OCc4ccccc4)C(OCc4ccccc4)C3C)C2O)C1O. The van der Waals surface area contributed by atoms with E-state index in [0.717, 1.165) is 38.9 Å². The summed E-state index contributed by atoms with van der Waals surface area (Å²) < 4.78 is 111. The highest BCUT2D eigenvalue weighted by molar-refractivity contribution is 5.73. The molecule has 564 valence electrons. The molecule has 0 saturated carbocycles. The number of benzene rings is 7. The molecule has 7 aromatic rings. The lowest BCUT2D eigenvalue weighted by atomic mass is 9.91. The highest BCUT2D eigenvalue weighted by Gasteiger charge is 2.58. The van der Waals surface area contributed by atoms with E-state index >= 15 is 0 Å². The van der Waals surface area contributed by atoms with Gasteiger partial charge in [-0.3, -0.25) is 4.79 Å². The van der Waals surface area contributed by atoms with E-state index in [1.807, 2.05) is 233 Å². The molecule has 0 aromatic heterocycles. The summed E-state index contributed by atoms with van der Waals surface area (Å²) in [7, 11) is 0. The minimum absolute atomic E-state index is 0.0458. The van der Waals surface area contributed by atoms with Gasteiger partial charge in [0.05, 0.1) is 96.0 Å². The zero-order chi connectivity index (χ0) is 73.2. The maximum Gasteiger partial charge on any atom is 0.217 e. The number of hydrogen-bond donors (Lipinski definition) is 5. The number of amides is 1. The van der Waals surface area contributed by atoms with Crippen LogP contribution in [0.3, 0.4) is 0 Å². The van der Waals surface area contributed by atoms with Crippen LogP contribution in [-0.2, 0) is 127 Å². The third kappa shape index (κ3) is 20.5. The Kier molecular flexibility index (Phi) is 28.4. The number of nitrogens with one attached hydrogen (secondary N) is 1. The van der Waals surface area contributed by atoms with Gasteiger partial charge < -0.3 is 102 Å². The van der Waals surface area contributed by atoms with Gasteiger partial charge in [-0.1, -0.05) is 219 Å². The second-order valence-corrected chi connectivity index (χ2v) is 27.8. The number of ether oxygens (including phenoxy) is 16. The Labute approximate surface area is 614 Å². The molecule has 105 heavy (non-hydrogen) atoms. The molecule has 22 heteroatoms. The lowest BCUT2D eigenvalue weighted by Crippen LogP contribution is -2.68. The Balaban J connectivity index is 0.915. The Hall–Kier alpha value is -6.79. The Morgan fingerprint density at radius 1 is 0.333 bits per heavy atom. The topological polar surface area (TPSA) is 258 Å². The minimum atomic E-state index is -1.74. The van der Waals surface area contributed by atoms with Crippen LogP contribution in [0.4, 0.5) is 0 Å². The van der Waals surface area contributed by atoms with Gasteiger partial charge in [0.15, 0.2) is 25.2 Å². The fourth-order valence-corrected chi connectivity index (χ4v) is 14.4. The Bertz CT molecular complexity index is 3640. The molecule has 1 amide bonds. The van der Waals surface area contributed by atoms with Crippen LogP contribution in [0.1, 0.15) is 80.5 Å². The van der Waals surface area contributed by atoms with Gasteiger partial charge in [-0.05, 0) is 66.6 Å². The first-order valence-electron chi connectivity index (χ1n) is 36.5. The van der Waals surface area contributed by atoms with Crippen molar-refractivity contribution in [1.82, 2.24) is 5.32 Å². The second kappa shape index (κ2) is 38.3. The van der Waals surface area contributed by atoms with Crippen LogP contribution < -0.4 is 5.32 Å². The molecule has 5 fully saturated rings. The average molecular weight is 1450 g/mol. The summed E-state index contributed by atoms with van der Waals surface area (Å²) in [6, 6.07) is 67.2. The van der Waals surface area contributed by atoms with Crippen molar-refractivity contribution in [1.29, 1.82) is 0 Å². The van der Waals surface area contributed by atoms with Crippen molar-refractivity contribution >= 4 is 5.91 Å². The molecule has 5 aliphatic heterocycles. The average Bonchev–Trinajstić information content (AvgIpc) is 0.763. The number of hydrogen-bond acceptors (Lipinski definition) is 21. The van der Waals surface area contributed by atoms with Crippen LogP contribution in [0.15, 0.2) is 212 Å². The predicted octanol–water partition coefficient (Wildman–Crippen LogP) is 9.22. The lowest BCUT2D eigenvalue weighted by Gasteiger charge is -2.52. The molecule has 10 unspecified atom stereocenters. The molecule has 0 bridgehead atoms. The molecule has 25 atom stereocenters. The summed E-state index contributed by atoms with van der Waals surface area (Å²) in [6.07, 6.45) is -26.8. The summed E-state index contributed by atoms with van der Waals surface area (Å²) in [5.41, 5.74) is 6.23. The van der Waals surface area contributed by atoms with Gasteiger partial charge in [-0.2, -0.15) is 0 Å². The summed E-state index contributed by atoms with van der Waals surface area (Å²) in [5.74, 6) is -1.01. The molecule has 12 rings (SSSR count). The maximum atomic E-state index is 13.6. The number of carbonyl (C=O) groups is 1. The molecule has 22 nitrogen and oxygen atoms in total. The van der Waals surface area contributed by atoms with Crippen LogP contribution in [-0.4, -0.2) is 187 Å². The number of aliphatic hydroxyl groups is 4. The van der Waals surface area contributed by atoms with Gasteiger partial charge >= 0.3 is 0 Å². The smallest absolute Gasteiger partial charge is 0.217 e. The predicted molar refractivity (Wildman–Crippen MR) is 384 cm³/mol. The molecular formula is C83H101NO21. The van der Waals surface area contributed by atoms with Crippen LogP contribution in [0.25, 0.3) is 0 Å². The molecule has 0 radical (unpaired) electrons. The van der Waals surface area contributed by atoms with E-state index in [0.29, 0.717) is 0 Å². The number of aliphatic hydroxyl groups excluding tert-OH is 4. The maximum absolute atomic E-state index is 13.6. The molecule has 5 heterocycles. The van der Waals surface area contributed by atoms with Gasteiger partial charge in [0, 0.05) is 12.8 Å². The van der Waals surface area contributed by atoms with E-state index < -0.39 is 166 Å². The molecule has 0 aliphatic carbocycles. The van der Waals surface area contributed by atoms with Crippen molar-refractivity contribution in [2.45, 2.75) is 235 Å². The van der Waals surface area contributed by atoms with Crippen molar-refractivity contribution in [3.05, 3.63) is 251 Å². The zero-order valence-electron chi connectivity index (χ0n) is 60.2. The second-order valence-electron chi connectivity index (χ2n) is 27.8. The van der Waals surface area contributed by atoms with Gasteiger partial charge in [0.1, 0.15) is 85.5 Å². The van der Waals surface area contributed by atoms with Crippen molar-refractivity contribution in [3.63, 3.8) is 0 Å². The van der Waals surface area contributed by atoms with Gasteiger partial charge in [-0.15, -0.1) is 0 Å². The monoisotopic (exact) mass is 1450 g/mol. The van der Waals surface area contributed by atoms with Crippen LogP contribution in [0, 0.1) is 5.92 Å². The Morgan fingerprint density at radius 3 is 1.05 bits per heavy atom. The van der Waals surface area contributed by atoms with Crippen molar-refractivity contribution < 1.29 is 101 Å². The van der Waals surface area contributed by atoms with Crippen LogP contribution in [0.2, 0.25) is 0 Å². The summed E-state index contributed by atoms with van der Waals surface area (Å²) in [5, 5.41) is 51.7. The largest absolute Gasteiger partial charge is 0.394 e. The first kappa shape index (κ1) is 77.8. The Morgan fingerprint density at radius 2 is 0.657 bits per heavy atom. The molecule has 0 spiro atoms. The molecule has 7 aromatic carbocycles. The first-order valence-corrected chi connectivity index (χ1v) is 36.5. The van der Waals surface area contributed by atoms with Crippen molar-refractivity contribution in [2.75, 3.05) is 13.2 Å². The van der Waals surface area contributed by atoms with Gasteiger partial charge in [0.2, 0.25) is 5.91 Å². The third-order valence-electron chi connectivity index (χ3n) is 20.0. The van der Waals surface area contributed by atoms with Crippen LogP contribution in [0.5, 0.6) is 0 Å². The van der Waals surface area contributed by atoms with Crippen LogP contribution >= 0.6 is 0 Å². The van der Waals surface area contributed by atoms with Crippen molar-refractivity contribution in [2.24, 2.45) is 5.92 Å². The van der Waals surface area contributed by atoms with E-state index in [9.17, 15) is 25.2 Å². The quantitative estimate of drug-likeness (QED) is 0.0263. The molecule has 5 saturated heterocycles. The van der Waals surface area contributed by atoms with E-state index in [4.69, 9.17) is 75.8 Å². The van der Waals surface area contributed by atoms with E-state index in [1.165, 1.54) is 6.92 Å². The fourth-order valence-electron chi connectivity index (χ4n) is 14.4. The van der Waals surface area contributed by atoms with Crippen molar-refractivity contribution in [3.8, 4) is 0 Å². The molecule has 5 N–H and O–H groups in total. The minimum Gasteiger partial charge on any atom is -0.394 e. The highest BCUT2D eigenvalue weighted by atomic mass is 16.8.